The van der Waals surface area contributed by atoms with Crippen molar-refractivity contribution in [1.29, 1.82) is 0 Å². The number of nitro groups is 1. The van der Waals surface area contributed by atoms with Crippen molar-refractivity contribution in [3.05, 3.63) is 69.2 Å². The third kappa shape index (κ3) is 3.82. The van der Waals surface area contributed by atoms with Crippen LogP contribution in [-0.2, 0) is 14.8 Å². The van der Waals surface area contributed by atoms with E-state index in [0.29, 0.717) is 5.02 Å². The zero-order valence-corrected chi connectivity index (χ0v) is 14.6. The average molecular weight is 383 g/mol. The summed E-state index contributed by atoms with van der Waals surface area (Å²) in [5.74, 6) is 0. The van der Waals surface area contributed by atoms with Gasteiger partial charge in [-0.15, -0.1) is 0 Å². The lowest BCUT2D eigenvalue weighted by Gasteiger charge is -2.32. The van der Waals surface area contributed by atoms with Gasteiger partial charge in [-0.1, -0.05) is 29.8 Å². The minimum Gasteiger partial charge on any atom is -0.371 e. The highest BCUT2D eigenvalue weighted by molar-refractivity contribution is 7.89. The second-order valence-corrected chi connectivity index (χ2v) is 7.90. The monoisotopic (exact) mass is 382 g/mol. The van der Waals surface area contributed by atoms with E-state index in [-0.39, 0.29) is 30.3 Å². The summed E-state index contributed by atoms with van der Waals surface area (Å²) in [5, 5.41) is 11.5. The van der Waals surface area contributed by atoms with Crippen LogP contribution in [0.25, 0.3) is 0 Å². The number of rotatable bonds is 4. The molecule has 1 fully saturated rings. The van der Waals surface area contributed by atoms with Gasteiger partial charge >= 0.3 is 0 Å². The normalized spacial score (nSPS) is 18.8. The van der Waals surface area contributed by atoms with E-state index in [0.717, 1.165) is 11.6 Å². The number of halogens is 1. The number of non-ortho nitro benzene ring substituents is 1. The first-order valence-corrected chi connectivity index (χ1v) is 9.31. The molecule has 2 aromatic rings. The minimum absolute atomic E-state index is 0.0987. The molecule has 1 heterocycles. The fourth-order valence-corrected chi connectivity index (χ4v) is 4.22. The van der Waals surface area contributed by atoms with E-state index in [9.17, 15) is 18.5 Å². The number of morpholine rings is 1. The van der Waals surface area contributed by atoms with Gasteiger partial charge in [-0.2, -0.15) is 4.31 Å². The molecule has 7 nitrogen and oxygen atoms in total. The third-order valence-corrected chi connectivity index (χ3v) is 6.05. The Balaban J connectivity index is 1.86. The lowest BCUT2D eigenvalue weighted by molar-refractivity contribution is -0.385. The SMILES string of the molecule is O=[N+]([O-])c1cccc(S(=O)(=O)N2CCOC(c3ccc(Cl)cc3)C2)c1. The van der Waals surface area contributed by atoms with Crippen LogP contribution in [0, 0.1) is 10.1 Å². The summed E-state index contributed by atoms with van der Waals surface area (Å²) in [5.41, 5.74) is 0.562. The maximum absolute atomic E-state index is 12.8. The lowest BCUT2D eigenvalue weighted by Crippen LogP contribution is -2.42. The van der Waals surface area contributed by atoms with Crippen LogP contribution in [0.5, 0.6) is 0 Å². The first-order chi connectivity index (χ1) is 11.9. The highest BCUT2D eigenvalue weighted by Gasteiger charge is 2.32. The summed E-state index contributed by atoms with van der Waals surface area (Å²) in [4.78, 5) is 10.2. The molecule has 1 atom stereocenters. The molecule has 25 heavy (non-hydrogen) atoms. The average Bonchev–Trinajstić information content (AvgIpc) is 2.62. The zero-order valence-electron chi connectivity index (χ0n) is 13.0. The Bertz CT molecular complexity index is 886. The Morgan fingerprint density at radius 3 is 2.60 bits per heavy atom. The molecule has 1 aliphatic rings. The highest BCUT2D eigenvalue weighted by Crippen LogP contribution is 2.28. The van der Waals surface area contributed by atoms with Gasteiger partial charge in [0.25, 0.3) is 5.69 Å². The maximum atomic E-state index is 12.8. The molecular formula is C16H15ClN2O5S. The summed E-state index contributed by atoms with van der Waals surface area (Å²) < 4.78 is 32.6. The molecule has 0 saturated carbocycles. The van der Waals surface area contributed by atoms with Gasteiger partial charge in [-0.25, -0.2) is 8.42 Å². The molecule has 132 valence electrons. The second-order valence-electron chi connectivity index (χ2n) is 5.53. The van der Waals surface area contributed by atoms with Gasteiger partial charge in [0.1, 0.15) is 0 Å². The number of nitro benzene ring substituents is 1. The van der Waals surface area contributed by atoms with E-state index in [4.69, 9.17) is 16.3 Å². The van der Waals surface area contributed by atoms with Crippen molar-refractivity contribution < 1.29 is 18.1 Å². The molecule has 0 aliphatic carbocycles. The Kier molecular flexibility index (Phi) is 5.05. The van der Waals surface area contributed by atoms with Crippen molar-refractivity contribution in [1.82, 2.24) is 4.31 Å². The maximum Gasteiger partial charge on any atom is 0.270 e. The molecule has 1 aliphatic heterocycles. The number of sulfonamides is 1. The van der Waals surface area contributed by atoms with Crippen molar-refractivity contribution in [2.45, 2.75) is 11.0 Å². The molecule has 3 rings (SSSR count). The Labute approximate surface area is 150 Å². The van der Waals surface area contributed by atoms with Gasteiger partial charge in [-0.3, -0.25) is 10.1 Å². The summed E-state index contributed by atoms with van der Waals surface area (Å²) >= 11 is 5.87. The standard InChI is InChI=1S/C16H15ClN2O5S/c17-13-6-4-12(5-7-13)16-11-18(8-9-24-16)25(22,23)15-3-1-2-14(10-15)19(20)21/h1-7,10,16H,8-9,11H2. The van der Waals surface area contributed by atoms with Gasteiger partial charge in [-0.05, 0) is 23.8 Å². The van der Waals surface area contributed by atoms with Crippen molar-refractivity contribution in [2.24, 2.45) is 0 Å². The Morgan fingerprint density at radius 2 is 1.92 bits per heavy atom. The molecule has 0 aromatic heterocycles. The topological polar surface area (TPSA) is 89.8 Å². The van der Waals surface area contributed by atoms with Gasteiger partial charge in [0.15, 0.2) is 0 Å². The number of benzene rings is 2. The zero-order chi connectivity index (χ0) is 18.0. The number of nitrogens with zero attached hydrogens (tertiary/aromatic N) is 2. The molecular weight excluding hydrogens is 368 g/mol. The summed E-state index contributed by atoms with van der Waals surface area (Å²) in [6.07, 6.45) is -0.417. The largest absolute Gasteiger partial charge is 0.371 e. The van der Waals surface area contributed by atoms with Gasteiger partial charge in [0, 0.05) is 30.2 Å². The molecule has 2 aromatic carbocycles. The van der Waals surface area contributed by atoms with Crippen LogP contribution in [0.2, 0.25) is 5.02 Å². The predicted octanol–water partition coefficient (Wildman–Crippen LogP) is 3.01. The quantitative estimate of drug-likeness (QED) is 0.599. The number of hydrogen-bond acceptors (Lipinski definition) is 5. The molecule has 0 N–H and O–H groups in total. The van der Waals surface area contributed by atoms with E-state index in [1.165, 1.54) is 22.5 Å². The van der Waals surface area contributed by atoms with Crippen LogP contribution in [0.4, 0.5) is 5.69 Å². The fraction of sp³-hybridized carbons (Fsp3) is 0.250. The van der Waals surface area contributed by atoms with Gasteiger partial charge in [0.05, 0.1) is 22.5 Å². The third-order valence-electron chi connectivity index (χ3n) is 3.94. The van der Waals surface area contributed by atoms with E-state index < -0.39 is 21.1 Å². The number of ether oxygens (including phenoxy) is 1. The first kappa shape index (κ1) is 17.8. The lowest BCUT2D eigenvalue weighted by atomic mass is 10.1. The van der Waals surface area contributed by atoms with Crippen molar-refractivity contribution in [2.75, 3.05) is 19.7 Å². The summed E-state index contributed by atoms with van der Waals surface area (Å²) in [7, 11) is -3.84. The van der Waals surface area contributed by atoms with Crippen molar-refractivity contribution in [3.63, 3.8) is 0 Å². The van der Waals surface area contributed by atoms with E-state index in [1.807, 2.05) is 0 Å². The fourth-order valence-electron chi connectivity index (χ4n) is 2.63. The Morgan fingerprint density at radius 1 is 1.20 bits per heavy atom. The van der Waals surface area contributed by atoms with Crippen LogP contribution in [0.15, 0.2) is 53.4 Å². The molecule has 0 spiro atoms. The van der Waals surface area contributed by atoms with E-state index in [2.05, 4.69) is 0 Å². The molecule has 1 saturated heterocycles. The minimum atomic E-state index is -3.84. The molecule has 9 heteroatoms. The van der Waals surface area contributed by atoms with Crippen LogP contribution in [0.1, 0.15) is 11.7 Å². The second kappa shape index (κ2) is 7.09. The van der Waals surface area contributed by atoms with E-state index >= 15 is 0 Å². The summed E-state index contributed by atoms with van der Waals surface area (Å²) in [6.45, 7) is 0.559. The van der Waals surface area contributed by atoms with Gasteiger partial charge < -0.3 is 4.74 Å². The smallest absolute Gasteiger partial charge is 0.270 e. The number of hydrogen-bond donors (Lipinski definition) is 0. The highest BCUT2D eigenvalue weighted by atomic mass is 35.5. The molecule has 0 radical (unpaired) electrons. The predicted molar refractivity (Wildman–Crippen MR) is 92.0 cm³/mol. The van der Waals surface area contributed by atoms with Crippen LogP contribution in [-0.4, -0.2) is 37.3 Å². The van der Waals surface area contributed by atoms with E-state index in [1.54, 1.807) is 24.3 Å². The van der Waals surface area contributed by atoms with Crippen LogP contribution in [0.3, 0.4) is 0 Å². The summed E-state index contributed by atoms with van der Waals surface area (Å²) in [6, 6.07) is 12.1. The Hall–Kier alpha value is -2.00. The first-order valence-electron chi connectivity index (χ1n) is 7.49. The molecule has 1 unspecified atom stereocenters. The van der Waals surface area contributed by atoms with Crippen molar-refractivity contribution >= 4 is 27.3 Å². The van der Waals surface area contributed by atoms with Crippen LogP contribution < -0.4 is 0 Å². The van der Waals surface area contributed by atoms with Crippen LogP contribution >= 0.6 is 11.6 Å². The molecule has 0 amide bonds. The van der Waals surface area contributed by atoms with Crippen molar-refractivity contribution in [3.8, 4) is 0 Å². The molecule has 0 bridgehead atoms. The van der Waals surface area contributed by atoms with Gasteiger partial charge in [0.2, 0.25) is 10.0 Å².